The molecule has 3 aromatic rings. The molecular weight excluding hydrogens is 362 g/mol. The Morgan fingerprint density at radius 2 is 2.00 bits per heavy atom. The minimum Gasteiger partial charge on any atom is -0.497 e. The smallest absolute Gasteiger partial charge is 0.175 e. The van der Waals surface area contributed by atoms with Crippen molar-refractivity contribution in [1.29, 1.82) is 0 Å². The molecule has 4 rings (SSSR count). The fourth-order valence-corrected chi connectivity index (χ4v) is 4.34. The summed E-state index contributed by atoms with van der Waals surface area (Å²) in [6.07, 6.45) is 4.80. The van der Waals surface area contributed by atoms with Gasteiger partial charge >= 0.3 is 0 Å². The first-order valence-corrected chi connectivity index (χ1v) is 10.7. The number of hydrogen-bond donors (Lipinski definition) is 0. The van der Waals surface area contributed by atoms with Gasteiger partial charge < -0.3 is 9.64 Å². The van der Waals surface area contributed by atoms with Gasteiger partial charge in [0, 0.05) is 18.2 Å². The molecule has 1 atom stereocenters. The van der Waals surface area contributed by atoms with Crippen LogP contribution in [0.5, 0.6) is 5.75 Å². The molecule has 6 nitrogen and oxygen atoms in total. The minimum absolute atomic E-state index is 0.167. The molecule has 0 N–H and O–H groups in total. The summed E-state index contributed by atoms with van der Waals surface area (Å²) in [6, 6.07) is 13.3. The Labute approximate surface area is 158 Å². The summed E-state index contributed by atoms with van der Waals surface area (Å²) in [5, 5.41) is 0.759. The fourth-order valence-electron chi connectivity index (χ4n) is 3.70. The van der Waals surface area contributed by atoms with Gasteiger partial charge in [-0.25, -0.2) is 18.4 Å². The standard InChI is InChI=1S/C20H21N3O3S/c1-26-15-6-3-5-14(11-15)19-7-4-10-23(19)20-17-12-16(27(2,24)25)8-9-18(17)21-13-22-20/h3,5-6,8-9,11-13,19H,4,7,10H2,1-2H3. The number of anilines is 1. The first-order chi connectivity index (χ1) is 13.0. The molecule has 0 radical (unpaired) electrons. The second-order valence-electron chi connectivity index (χ2n) is 6.78. The minimum atomic E-state index is -3.30. The van der Waals surface area contributed by atoms with Crippen LogP contribution in [0.1, 0.15) is 24.4 Å². The van der Waals surface area contributed by atoms with Crippen LogP contribution in [-0.2, 0) is 9.84 Å². The molecule has 0 bridgehead atoms. The lowest BCUT2D eigenvalue weighted by Crippen LogP contribution is -2.24. The Morgan fingerprint density at radius 1 is 1.15 bits per heavy atom. The van der Waals surface area contributed by atoms with Crippen molar-refractivity contribution in [3.05, 3.63) is 54.4 Å². The molecule has 140 valence electrons. The quantitative estimate of drug-likeness (QED) is 0.688. The molecule has 0 amide bonds. The molecule has 1 aromatic heterocycles. The van der Waals surface area contributed by atoms with Gasteiger partial charge in [0.2, 0.25) is 0 Å². The largest absolute Gasteiger partial charge is 0.497 e. The van der Waals surface area contributed by atoms with E-state index < -0.39 is 9.84 Å². The van der Waals surface area contributed by atoms with Crippen molar-refractivity contribution in [2.24, 2.45) is 0 Å². The van der Waals surface area contributed by atoms with Gasteiger partial charge in [-0.1, -0.05) is 12.1 Å². The summed E-state index contributed by atoms with van der Waals surface area (Å²) in [7, 11) is -1.64. The van der Waals surface area contributed by atoms with Crippen molar-refractivity contribution in [3.8, 4) is 5.75 Å². The number of ether oxygens (including phenoxy) is 1. The van der Waals surface area contributed by atoms with Gasteiger partial charge in [-0.2, -0.15) is 0 Å². The van der Waals surface area contributed by atoms with Crippen LogP contribution in [-0.4, -0.2) is 38.3 Å². The summed E-state index contributed by atoms with van der Waals surface area (Å²) in [4.78, 5) is 11.3. The summed E-state index contributed by atoms with van der Waals surface area (Å²) in [5.74, 6) is 1.60. The summed E-state index contributed by atoms with van der Waals surface area (Å²) < 4.78 is 29.4. The molecule has 2 heterocycles. The van der Waals surface area contributed by atoms with E-state index >= 15 is 0 Å². The fraction of sp³-hybridized carbons (Fsp3) is 0.300. The van der Waals surface area contributed by atoms with E-state index in [0.717, 1.165) is 47.4 Å². The van der Waals surface area contributed by atoms with Crippen molar-refractivity contribution in [3.63, 3.8) is 0 Å². The van der Waals surface area contributed by atoms with Crippen molar-refractivity contribution in [2.45, 2.75) is 23.8 Å². The van der Waals surface area contributed by atoms with E-state index in [9.17, 15) is 8.42 Å². The predicted molar refractivity (Wildman–Crippen MR) is 105 cm³/mol. The van der Waals surface area contributed by atoms with Crippen LogP contribution >= 0.6 is 0 Å². The maximum atomic E-state index is 12.0. The molecule has 1 aliphatic rings. The van der Waals surface area contributed by atoms with Gasteiger partial charge in [-0.05, 0) is 48.7 Å². The number of benzene rings is 2. The van der Waals surface area contributed by atoms with Crippen LogP contribution in [0.4, 0.5) is 5.82 Å². The van der Waals surface area contributed by atoms with E-state index in [1.807, 2.05) is 18.2 Å². The molecular formula is C20H21N3O3S. The van der Waals surface area contributed by atoms with E-state index in [1.165, 1.54) is 6.26 Å². The number of hydrogen-bond acceptors (Lipinski definition) is 6. The van der Waals surface area contributed by atoms with E-state index in [2.05, 4.69) is 20.9 Å². The Kier molecular flexibility index (Phi) is 4.47. The van der Waals surface area contributed by atoms with E-state index in [4.69, 9.17) is 4.74 Å². The topological polar surface area (TPSA) is 72.4 Å². The second kappa shape index (κ2) is 6.81. The highest BCUT2D eigenvalue weighted by atomic mass is 32.2. The van der Waals surface area contributed by atoms with E-state index in [-0.39, 0.29) is 10.9 Å². The molecule has 0 aliphatic carbocycles. The summed E-state index contributed by atoms with van der Waals surface area (Å²) >= 11 is 0. The highest BCUT2D eigenvalue weighted by Gasteiger charge is 2.29. The van der Waals surface area contributed by atoms with Crippen LogP contribution in [0, 0.1) is 0 Å². The van der Waals surface area contributed by atoms with Crippen LogP contribution in [0.2, 0.25) is 0 Å². The Bertz CT molecular complexity index is 1100. The zero-order valence-corrected chi connectivity index (χ0v) is 16.1. The monoisotopic (exact) mass is 383 g/mol. The second-order valence-corrected chi connectivity index (χ2v) is 8.79. The van der Waals surface area contributed by atoms with Gasteiger partial charge in [0.1, 0.15) is 17.9 Å². The first kappa shape index (κ1) is 17.7. The number of rotatable bonds is 4. The molecule has 0 spiro atoms. The maximum Gasteiger partial charge on any atom is 0.175 e. The Morgan fingerprint density at radius 3 is 2.78 bits per heavy atom. The Balaban J connectivity index is 1.82. The van der Waals surface area contributed by atoms with E-state index in [0.29, 0.717) is 0 Å². The molecule has 1 unspecified atom stereocenters. The number of sulfone groups is 1. The average molecular weight is 383 g/mol. The zero-order chi connectivity index (χ0) is 19.0. The summed E-state index contributed by atoms with van der Waals surface area (Å²) in [5.41, 5.74) is 1.90. The predicted octanol–water partition coefficient (Wildman–Crippen LogP) is 3.38. The summed E-state index contributed by atoms with van der Waals surface area (Å²) in [6.45, 7) is 0.858. The lowest BCUT2D eigenvalue weighted by Gasteiger charge is -2.27. The highest BCUT2D eigenvalue weighted by Crippen LogP contribution is 2.39. The van der Waals surface area contributed by atoms with Crippen LogP contribution in [0.25, 0.3) is 10.9 Å². The van der Waals surface area contributed by atoms with Crippen molar-refractivity contribution in [2.75, 3.05) is 24.8 Å². The molecule has 1 fully saturated rings. The van der Waals surface area contributed by atoms with Crippen molar-refractivity contribution >= 4 is 26.6 Å². The molecule has 7 heteroatoms. The third kappa shape index (κ3) is 3.35. The van der Waals surface area contributed by atoms with Crippen molar-refractivity contribution < 1.29 is 13.2 Å². The Hall–Kier alpha value is -2.67. The van der Waals surface area contributed by atoms with Gasteiger partial charge in [0.25, 0.3) is 0 Å². The normalized spacial score (nSPS) is 17.4. The number of fused-ring (bicyclic) bond motifs is 1. The first-order valence-electron chi connectivity index (χ1n) is 8.83. The van der Waals surface area contributed by atoms with Crippen LogP contribution in [0.3, 0.4) is 0 Å². The maximum absolute atomic E-state index is 12.0. The third-order valence-electron chi connectivity index (χ3n) is 5.02. The van der Waals surface area contributed by atoms with Crippen LogP contribution < -0.4 is 9.64 Å². The van der Waals surface area contributed by atoms with Gasteiger partial charge in [0.05, 0.1) is 23.6 Å². The highest BCUT2D eigenvalue weighted by molar-refractivity contribution is 7.90. The average Bonchev–Trinajstić information content (AvgIpc) is 3.16. The number of nitrogens with zero attached hydrogens (tertiary/aromatic N) is 3. The number of methoxy groups -OCH3 is 1. The molecule has 2 aromatic carbocycles. The van der Waals surface area contributed by atoms with Crippen molar-refractivity contribution in [1.82, 2.24) is 9.97 Å². The molecule has 27 heavy (non-hydrogen) atoms. The van der Waals surface area contributed by atoms with Crippen LogP contribution in [0.15, 0.2) is 53.7 Å². The lowest BCUT2D eigenvalue weighted by atomic mass is 10.0. The lowest BCUT2D eigenvalue weighted by molar-refractivity contribution is 0.414. The number of aromatic nitrogens is 2. The van der Waals surface area contributed by atoms with E-state index in [1.54, 1.807) is 31.6 Å². The van der Waals surface area contributed by atoms with Gasteiger partial charge in [0.15, 0.2) is 9.84 Å². The molecule has 1 aliphatic heterocycles. The molecule has 1 saturated heterocycles. The zero-order valence-electron chi connectivity index (χ0n) is 15.3. The third-order valence-corrected chi connectivity index (χ3v) is 6.13. The van der Waals surface area contributed by atoms with Gasteiger partial charge in [-0.15, -0.1) is 0 Å². The molecule has 0 saturated carbocycles. The SMILES string of the molecule is COc1cccc(C2CCCN2c2ncnc3ccc(S(C)(=O)=O)cc23)c1. The van der Waals surface area contributed by atoms with Gasteiger partial charge in [-0.3, -0.25) is 0 Å².